The van der Waals surface area contributed by atoms with E-state index in [1.807, 2.05) is 21.1 Å². The van der Waals surface area contributed by atoms with Gasteiger partial charge in [-0.05, 0) is 109 Å². The number of unbranched alkanes of at least 4 members (excludes halogenated alkanes) is 38. The monoisotopic (exact) mass is 1320 g/mol. The van der Waals surface area contributed by atoms with Crippen LogP contribution in [0.2, 0.25) is 0 Å². The molecule has 0 amide bonds. The van der Waals surface area contributed by atoms with Crippen molar-refractivity contribution < 1.29 is 42.9 Å². The molecule has 0 aliphatic rings. The van der Waals surface area contributed by atoms with Crippen molar-refractivity contribution in [3.8, 4) is 0 Å². The van der Waals surface area contributed by atoms with Crippen molar-refractivity contribution in [2.75, 3.05) is 47.5 Å². The molecule has 0 bridgehead atoms. The van der Waals surface area contributed by atoms with Gasteiger partial charge < -0.3 is 33.3 Å². The number of nitrogens with zero attached hydrogens (tertiary/aromatic N) is 1. The Bertz CT molecular complexity index is 1980. The minimum absolute atomic E-state index is 0.146. The van der Waals surface area contributed by atoms with Crippen molar-refractivity contribution in [2.24, 2.45) is 0 Å². The predicted molar refractivity (Wildman–Crippen MR) is 407 cm³/mol. The third-order valence-electron chi connectivity index (χ3n) is 17.2. The standard InChI is InChI=1S/C86H149NO8/c1-6-8-10-12-14-16-18-20-22-24-26-28-30-32-34-36-37-38-39-40-41-42-43-44-45-46-47-49-51-53-55-57-59-61-63-65-67-69-71-73-75-77-84(89)95-82(81-94-86(85(90)91)92-79-78-87(3,4)5)80-93-83(88)76-74-72-70-68-66-64-62-60-58-56-54-52-50-48-35-33-31-29-27-25-23-21-19-17-15-13-11-9-7-2/h8,10,14,16,19-22,25-28,31-34,37-38,40-41,82,86H,6-7,9,11-13,15,17-18,23-24,29-30,35-36,39,42-81H2,1-5H3/b10-8-,16-14-,21-19-,22-20-,27-25-,28-26-,33-31-,34-32-,38-37-,41-40-. The number of ether oxygens (including phenoxy) is 4. The van der Waals surface area contributed by atoms with Gasteiger partial charge in [-0.25, -0.2) is 0 Å². The van der Waals surface area contributed by atoms with E-state index in [0.29, 0.717) is 17.4 Å². The largest absolute Gasteiger partial charge is 0.545 e. The molecule has 0 rings (SSSR count). The molecule has 0 heterocycles. The molecule has 546 valence electrons. The van der Waals surface area contributed by atoms with E-state index < -0.39 is 24.3 Å². The first kappa shape index (κ1) is 90.7. The van der Waals surface area contributed by atoms with Gasteiger partial charge in [0.15, 0.2) is 12.4 Å². The lowest BCUT2D eigenvalue weighted by Gasteiger charge is -2.26. The van der Waals surface area contributed by atoms with E-state index >= 15 is 0 Å². The lowest BCUT2D eigenvalue weighted by molar-refractivity contribution is -0.870. The normalized spacial score (nSPS) is 13.3. The molecule has 9 heteroatoms. The summed E-state index contributed by atoms with van der Waals surface area (Å²) < 4.78 is 22.9. The van der Waals surface area contributed by atoms with Gasteiger partial charge in [-0.3, -0.25) is 9.59 Å². The van der Waals surface area contributed by atoms with Gasteiger partial charge in [-0.2, -0.15) is 0 Å². The van der Waals surface area contributed by atoms with E-state index in [1.165, 1.54) is 225 Å². The molecule has 0 radical (unpaired) electrons. The average Bonchev–Trinajstić information content (AvgIpc) is 3.54. The van der Waals surface area contributed by atoms with Crippen molar-refractivity contribution in [2.45, 2.75) is 360 Å². The van der Waals surface area contributed by atoms with Crippen LogP contribution in [-0.2, 0) is 33.3 Å². The minimum Gasteiger partial charge on any atom is -0.545 e. The highest BCUT2D eigenvalue weighted by Crippen LogP contribution is 2.18. The quantitative estimate of drug-likeness (QED) is 0.0195. The summed E-state index contributed by atoms with van der Waals surface area (Å²) in [6, 6.07) is 0. The van der Waals surface area contributed by atoms with Crippen molar-refractivity contribution >= 4 is 17.9 Å². The number of carboxylic acid groups (broad SMARTS) is 1. The van der Waals surface area contributed by atoms with Crippen molar-refractivity contribution in [3.63, 3.8) is 0 Å². The highest BCUT2D eigenvalue weighted by atomic mass is 16.7. The Kier molecular flexibility index (Phi) is 72.0. The van der Waals surface area contributed by atoms with Crippen LogP contribution in [0.25, 0.3) is 0 Å². The Balaban J connectivity index is 4.02. The number of allylic oxidation sites excluding steroid dienone is 20. The zero-order chi connectivity index (χ0) is 69.0. The number of quaternary nitrogens is 1. The number of aliphatic carboxylic acids is 1. The van der Waals surface area contributed by atoms with Gasteiger partial charge >= 0.3 is 11.9 Å². The van der Waals surface area contributed by atoms with Gasteiger partial charge in [0, 0.05) is 12.8 Å². The fourth-order valence-corrected chi connectivity index (χ4v) is 11.2. The predicted octanol–water partition coefficient (Wildman–Crippen LogP) is 24.1. The van der Waals surface area contributed by atoms with Crippen LogP contribution < -0.4 is 5.11 Å². The first-order valence-electron chi connectivity index (χ1n) is 39.7. The van der Waals surface area contributed by atoms with E-state index in [-0.39, 0.29) is 38.6 Å². The third-order valence-corrected chi connectivity index (χ3v) is 17.2. The number of carboxylic acids is 1. The van der Waals surface area contributed by atoms with Crippen molar-refractivity contribution in [1.29, 1.82) is 0 Å². The number of likely N-dealkylation sites (N-methyl/N-ethyl adjacent to an activating group) is 1. The molecule has 0 aliphatic carbocycles. The topological polar surface area (TPSA) is 111 Å². The fraction of sp³-hybridized carbons (Fsp3) is 0.733. The fourth-order valence-electron chi connectivity index (χ4n) is 11.2. The Morgan fingerprint density at radius 2 is 0.600 bits per heavy atom. The van der Waals surface area contributed by atoms with E-state index in [0.717, 1.165) is 89.9 Å². The van der Waals surface area contributed by atoms with Gasteiger partial charge in [-0.15, -0.1) is 0 Å². The Morgan fingerprint density at radius 3 is 0.895 bits per heavy atom. The number of rotatable bonds is 73. The maximum absolute atomic E-state index is 13.0. The molecule has 0 saturated heterocycles. The zero-order valence-electron chi connectivity index (χ0n) is 62.5. The lowest BCUT2D eigenvalue weighted by Crippen LogP contribution is -2.44. The Hall–Kier alpha value is -4.31. The minimum atomic E-state index is -1.63. The van der Waals surface area contributed by atoms with Gasteiger partial charge in [0.05, 0.1) is 40.3 Å². The number of hydrogen-bond donors (Lipinski definition) is 0. The van der Waals surface area contributed by atoms with Crippen LogP contribution in [0.5, 0.6) is 0 Å². The molecule has 2 atom stereocenters. The summed E-state index contributed by atoms with van der Waals surface area (Å²) in [4.78, 5) is 37.6. The summed E-state index contributed by atoms with van der Waals surface area (Å²) in [5.41, 5.74) is 0. The Morgan fingerprint density at radius 1 is 0.326 bits per heavy atom. The van der Waals surface area contributed by atoms with Gasteiger partial charge in [0.1, 0.15) is 13.2 Å². The number of esters is 2. The molecule has 0 aliphatic heterocycles. The molecule has 0 aromatic rings. The average molecular weight is 1330 g/mol. The van der Waals surface area contributed by atoms with E-state index in [1.54, 1.807) is 0 Å². The summed E-state index contributed by atoms with van der Waals surface area (Å²) in [6.45, 7) is 4.66. The second kappa shape index (κ2) is 75.5. The molecule has 0 saturated carbocycles. The molecule has 0 N–H and O–H groups in total. The van der Waals surface area contributed by atoms with Crippen molar-refractivity contribution in [1.82, 2.24) is 0 Å². The van der Waals surface area contributed by atoms with Crippen LogP contribution in [-0.4, -0.2) is 82.3 Å². The van der Waals surface area contributed by atoms with Crippen LogP contribution in [0.15, 0.2) is 122 Å². The number of carbonyl (C=O) groups excluding carboxylic acids is 3. The second-order valence-corrected chi connectivity index (χ2v) is 27.6. The summed E-state index contributed by atoms with van der Waals surface area (Å²) in [5.74, 6) is -2.27. The van der Waals surface area contributed by atoms with Gasteiger partial charge in [0.2, 0.25) is 0 Å². The third kappa shape index (κ3) is 76.9. The highest BCUT2D eigenvalue weighted by molar-refractivity contribution is 5.70. The molecule has 0 aromatic carbocycles. The molecule has 2 unspecified atom stereocenters. The van der Waals surface area contributed by atoms with Crippen LogP contribution in [0.1, 0.15) is 348 Å². The van der Waals surface area contributed by atoms with Gasteiger partial charge in [0.25, 0.3) is 0 Å². The van der Waals surface area contributed by atoms with E-state index in [2.05, 4.69) is 135 Å². The van der Waals surface area contributed by atoms with Crippen LogP contribution in [0.4, 0.5) is 0 Å². The SMILES string of the molecule is CC/C=C\C/C=C\C/C=C\C/C=C\C/C=C\C/C=C\C/C=C\CCCCCCCCCCCCCCCCCCCCCC(=O)OC(COC(=O)CCCCCCCCCCCCCCCC/C=C\C/C=C\C/C=C\CCCCCCC)COC(OCC[N+](C)(C)C)C(=O)[O-]. The molecular formula is C86H149NO8. The summed E-state index contributed by atoms with van der Waals surface area (Å²) >= 11 is 0. The zero-order valence-corrected chi connectivity index (χ0v) is 62.5. The molecule has 0 aromatic heterocycles. The first-order chi connectivity index (χ1) is 46.6. The highest BCUT2D eigenvalue weighted by Gasteiger charge is 2.22. The lowest BCUT2D eigenvalue weighted by atomic mass is 10.0. The number of carbonyl (C=O) groups is 3. The van der Waals surface area contributed by atoms with Crippen LogP contribution in [0.3, 0.4) is 0 Å². The van der Waals surface area contributed by atoms with Crippen molar-refractivity contribution in [3.05, 3.63) is 122 Å². The maximum Gasteiger partial charge on any atom is 0.306 e. The molecule has 0 spiro atoms. The molecule has 0 fully saturated rings. The maximum atomic E-state index is 13.0. The second-order valence-electron chi connectivity index (χ2n) is 27.6. The number of hydrogen-bond acceptors (Lipinski definition) is 8. The summed E-state index contributed by atoms with van der Waals surface area (Å²) in [5, 5.41) is 11.9. The van der Waals surface area contributed by atoms with E-state index in [4.69, 9.17) is 18.9 Å². The molecular weight excluding hydrogens is 1170 g/mol. The molecule has 95 heavy (non-hydrogen) atoms. The Labute approximate surface area is 587 Å². The van der Waals surface area contributed by atoms with Crippen LogP contribution in [0, 0.1) is 0 Å². The van der Waals surface area contributed by atoms with Crippen LogP contribution >= 0.6 is 0 Å². The smallest absolute Gasteiger partial charge is 0.306 e. The first-order valence-corrected chi connectivity index (χ1v) is 39.7. The summed E-state index contributed by atoms with van der Waals surface area (Å²) in [7, 11) is 5.94. The van der Waals surface area contributed by atoms with E-state index in [9.17, 15) is 19.5 Å². The summed E-state index contributed by atoms with van der Waals surface area (Å²) in [6.07, 6.45) is 105. The van der Waals surface area contributed by atoms with Gasteiger partial charge in [-0.1, -0.05) is 347 Å². The molecule has 9 nitrogen and oxygen atoms in total.